The quantitative estimate of drug-likeness (QED) is 0.404. The molecule has 0 unspecified atom stereocenters. The van der Waals surface area contributed by atoms with E-state index < -0.39 is 17.5 Å². The highest BCUT2D eigenvalue weighted by atomic mass is 32.1. The summed E-state index contributed by atoms with van der Waals surface area (Å²) in [5, 5.41) is 17.9. The number of thiazole rings is 1. The number of aromatic nitrogens is 1. The average molecular weight is 482 g/mol. The predicted molar refractivity (Wildman–Crippen MR) is 131 cm³/mol. The van der Waals surface area contributed by atoms with E-state index >= 15 is 0 Å². The molecule has 1 saturated heterocycles. The number of rotatable bonds is 6. The van der Waals surface area contributed by atoms with Crippen LogP contribution < -0.4 is 10.2 Å². The van der Waals surface area contributed by atoms with Crippen molar-refractivity contribution in [1.29, 1.82) is 0 Å². The predicted octanol–water partition coefficient (Wildman–Crippen LogP) is 4.32. The molecule has 0 atom stereocenters. The number of hydrogen-bond acceptors (Lipinski definition) is 7. The van der Waals surface area contributed by atoms with Crippen molar-refractivity contribution in [3.63, 3.8) is 0 Å². The highest BCUT2D eigenvalue weighted by molar-refractivity contribution is 7.19. The number of benzene rings is 2. The summed E-state index contributed by atoms with van der Waals surface area (Å²) in [7, 11) is 1.42. The maximum absolute atomic E-state index is 14.2. The summed E-state index contributed by atoms with van der Waals surface area (Å²) < 4.78 is 14.2. The Kier molecular flexibility index (Phi) is 6.87. The molecular formula is C24H24FN5O3S. The minimum Gasteiger partial charge on any atom is -0.504 e. The maximum atomic E-state index is 14.2. The zero-order chi connectivity index (χ0) is 24.2. The number of carbonyl (C=O) groups is 2. The first-order valence-electron chi connectivity index (χ1n) is 10.7. The fourth-order valence-electron chi connectivity index (χ4n) is 3.55. The Bertz CT molecular complexity index is 1250. The van der Waals surface area contributed by atoms with E-state index in [0.717, 1.165) is 46.5 Å². The van der Waals surface area contributed by atoms with Gasteiger partial charge in [0.1, 0.15) is 0 Å². The molecule has 34 heavy (non-hydrogen) atoms. The van der Waals surface area contributed by atoms with E-state index in [0.29, 0.717) is 5.13 Å². The third kappa shape index (κ3) is 5.23. The van der Waals surface area contributed by atoms with E-state index in [-0.39, 0.29) is 17.0 Å². The van der Waals surface area contributed by atoms with Crippen LogP contribution in [-0.4, -0.2) is 53.3 Å². The lowest BCUT2D eigenvalue weighted by Crippen LogP contribution is -2.17. The number of hydrogen-bond donors (Lipinski definition) is 2. The van der Waals surface area contributed by atoms with Crippen LogP contribution in [-0.2, 0) is 4.79 Å². The molecule has 2 aromatic carbocycles. The minimum atomic E-state index is -0.974. The molecule has 2 amide bonds. The van der Waals surface area contributed by atoms with Crippen molar-refractivity contribution in [3.05, 3.63) is 59.5 Å². The number of phenolic OH excluding ortho intramolecular Hbond substituents is 1. The van der Waals surface area contributed by atoms with Crippen molar-refractivity contribution >= 4 is 40.2 Å². The Balaban J connectivity index is 1.51. The second-order valence-electron chi connectivity index (χ2n) is 7.91. The Hall–Kier alpha value is -3.79. The molecule has 2 heterocycles. The van der Waals surface area contributed by atoms with Crippen LogP contribution in [0.4, 0.5) is 15.2 Å². The summed E-state index contributed by atoms with van der Waals surface area (Å²) in [5.41, 5.74) is 2.12. The van der Waals surface area contributed by atoms with E-state index in [1.807, 2.05) is 12.1 Å². The van der Waals surface area contributed by atoms with Gasteiger partial charge < -0.3 is 10.0 Å². The van der Waals surface area contributed by atoms with E-state index in [1.165, 1.54) is 44.2 Å². The molecule has 1 fully saturated rings. The van der Waals surface area contributed by atoms with Crippen LogP contribution in [0.25, 0.3) is 10.4 Å². The van der Waals surface area contributed by atoms with Crippen molar-refractivity contribution < 1.29 is 19.1 Å². The fourth-order valence-corrected chi connectivity index (χ4v) is 4.35. The van der Waals surface area contributed by atoms with Gasteiger partial charge in [0.15, 0.2) is 16.7 Å². The van der Waals surface area contributed by atoms with Crippen LogP contribution in [0.15, 0.2) is 47.7 Å². The lowest BCUT2D eigenvalue weighted by Gasteiger charge is -2.18. The van der Waals surface area contributed by atoms with Gasteiger partial charge in [0, 0.05) is 50.1 Å². The monoisotopic (exact) mass is 481 g/mol. The highest BCUT2D eigenvalue weighted by Gasteiger charge is 2.17. The first-order valence-corrected chi connectivity index (χ1v) is 11.6. The van der Waals surface area contributed by atoms with Crippen LogP contribution in [0, 0.1) is 5.82 Å². The van der Waals surface area contributed by atoms with Crippen LogP contribution in [0.2, 0.25) is 0 Å². The molecule has 1 aliphatic rings. The summed E-state index contributed by atoms with van der Waals surface area (Å²) in [6.45, 7) is 3.41. The number of amides is 2. The van der Waals surface area contributed by atoms with Gasteiger partial charge in [-0.25, -0.2) is 14.4 Å². The van der Waals surface area contributed by atoms with Gasteiger partial charge in [0.05, 0.1) is 11.1 Å². The van der Waals surface area contributed by atoms with Crippen LogP contribution in [0.5, 0.6) is 5.75 Å². The molecule has 3 aromatic rings. The molecule has 0 bridgehead atoms. The summed E-state index contributed by atoms with van der Waals surface area (Å²) >= 11 is 1.31. The van der Waals surface area contributed by atoms with Gasteiger partial charge in [-0.3, -0.25) is 14.9 Å². The van der Waals surface area contributed by atoms with Gasteiger partial charge in [-0.15, -0.1) is 0 Å². The molecule has 0 saturated carbocycles. The SMILES string of the molecule is CC(=O)N(C)N=Cc1cc(C(=O)Nc2ncc(-c3cccc(N4CCCC4)c3)s2)cc(F)c1O. The number of carbonyl (C=O) groups excluding carboxylic acids is 2. The van der Waals surface area contributed by atoms with Gasteiger partial charge in [0.2, 0.25) is 5.91 Å². The van der Waals surface area contributed by atoms with Gasteiger partial charge >= 0.3 is 0 Å². The lowest BCUT2D eigenvalue weighted by molar-refractivity contribution is -0.127. The van der Waals surface area contributed by atoms with Crippen molar-refractivity contribution in [1.82, 2.24) is 9.99 Å². The summed E-state index contributed by atoms with van der Waals surface area (Å²) in [6.07, 6.45) is 5.20. The lowest BCUT2D eigenvalue weighted by atomic mass is 10.1. The number of phenols is 1. The number of hydrazone groups is 1. The summed E-state index contributed by atoms with van der Waals surface area (Å²) in [4.78, 5) is 31.6. The average Bonchev–Trinajstić information content (AvgIpc) is 3.52. The Morgan fingerprint density at radius 3 is 2.76 bits per heavy atom. The largest absolute Gasteiger partial charge is 0.504 e. The van der Waals surface area contributed by atoms with Crippen molar-refractivity contribution in [3.8, 4) is 16.2 Å². The van der Waals surface area contributed by atoms with Gasteiger partial charge in [-0.05, 0) is 42.7 Å². The van der Waals surface area contributed by atoms with Gasteiger partial charge in [-0.1, -0.05) is 23.5 Å². The number of nitrogens with zero attached hydrogens (tertiary/aromatic N) is 4. The first-order chi connectivity index (χ1) is 16.3. The number of anilines is 2. The second-order valence-corrected chi connectivity index (χ2v) is 8.94. The third-order valence-corrected chi connectivity index (χ3v) is 6.47. The standard InChI is InChI=1S/C24H24FN5O3S/c1-15(31)29(2)27-13-18-10-17(12-20(25)22(18)32)23(33)28-24-26-14-21(34-24)16-6-5-7-19(11-16)30-8-3-4-9-30/h5-7,10-14,32H,3-4,8-9H2,1-2H3,(H,26,28,33). The zero-order valence-electron chi connectivity index (χ0n) is 18.8. The molecule has 0 spiro atoms. The Labute approximate surface area is 200 Å². The topological polar surface area (TPSA) is 98.1 Å². The van der Waals surface area contributed by atoms with Crippen molar-refractivity contribution in [2.75, 3.05) is 30.4 Å². The smallest absolute Gasteiger partial charge is 0.257 e. The number of aromatic hydroxyl groups is 1. The van der Waals surface area contributed by atoms with E-state index in [4.69, 9.17) is 0 Å². The molecule has 176 valence electrons. The molecule has 0 radical (unpaired) electrons. The van der Waals surface area contributed by atoms with Crippen molar-refractivity contribution in [2.45, 2.75) is 19.8 Å². The number of nitrogens with one attached hydrogen (secondary N) is 1. The van der Waals surface area contributed by atoms with Crippen LogP contribution >= 0.6 is 11.3 Å². The van der Waals surface area contributed by atoms with Gasteiger partial charge in [0.25, 0.3) is 5.91 Å². The molecule has 4 rings (SSSR count). The Morgan fingerprint density at radius 2 is 2.03 bits per heavy atom. The zero-order valence-corrected chi connectivity index (χ0v) is 19.6. The normalized spacial score (nSPS) is 13.4. The molecule has 1 aliphatic heterocycles. The van der Waals surface area contributed by atoms with E-state index in [2.05, 4.69) is 32.4 Å². The third-order valence-electron chi connectivity index (χ3n) is 5.51. The fraction of sp³-hybridized carbons (Fsp3) is 0.250. The molecular weight excluding hydrogens is 457 g/mol. The first kappa shape index (κ1) is 23.4. The molecule has 8 nitrogen and oxygen atoms in total. The molecule has 2 N–H and O–H groups in total. The minimum absolute atomic E-state index is 0.0185. The van der Waals surface area contributed by atoms with Gasteiger partial charge in [-0.2, -0.15) is 5.10 Å². The summed E-state index contributed by atoms with van der Waals surface area (Å²) in [6, 6.07) is 10.4. The maximum Gasteiger partial charge on any atom is 0.257 e. The molecule has 1 aromatic heterocycles. The van der Waals surface area contributed by atoms with Crippen LogP contribution in [0.1, 0.15) is 35.7 Å². The van der Waals surface area contributed by atoms with Crippen molar-refractivity contribution in [2.24, 2.45) is 5.10 Å². The highest BCUT2D eigenvalue weighted by Crippen LogP contribution is 2.32. The number of halogens is 1. The molecule has 10 heteroatoms. The Morgan fingerprint density at radius 1 is 1.26 bits per heavy atom. The van der Waals surface area contributed by atoms with E-state index in [9.17, 15) is 19.1 Å². The second kappa shape index (κ2) is 10.0. The van der Waals surface area contributed by atoms with E-state index in [1.54, 1.807) is 6.20 Å². The summed E-state index contributed by atoms with van der Waals surface area (Å²) in [5.74, 6) is -2.55. The molecule has 0 aliphatic carbocycles. The van der Waals surface area contributed by atoms with Crippen LogP contribution in [0.3, 0.4) is 0 Å².